The van der Waals surface area contributed by atoms with Gasteiger partial charge in [0.25, 0.3) is 10.0 Å². The number of hydrogen-bond acceptors (Lipinski definition) is 5. The molecule has 0 radical (unpaired) electrons. The van der Waals surface area contributed by atoms with Crippen LogP contribution in [-0.4, -0.2) is 51.4 Å². The summed E-state index contributed by atoms with van der Waals surface area (Å²) in [5, 5.41) is 2.84. The van der Waals surface area contributed by atoms with Gasteiger partial charge in [0.1, 0.15) is 18.3 Å². The van der Waals surface area contributed by atoms with Gasteiger partial charge in [-0.3, -0.25) is 13.9 Å². The number of rotatable bonds is 12. The number of carbonyl (C=O) groups is 2. The van der Waals surface area contributed by atoms with Gasteiger partial charge in [-0.05, 0) is 84.2 Å². The van der Waals surface area contributed by atoms with Gasteiger partial charge in [-0.25, -0.2) is 8.42 Å². The van der Waals surface area contributed by atoms with Crippen LogP contribution in [0.1, 0.15) is 31.4 Å². The number of ether oxygens (including phenoxy) is 1. The SMILES string of the molecule is CCCNC(=O)[C@@H](C)N(Cc1ccc(Br)cc1)C(=O)CN(c1ccc(C)cc1)S(=O)(=O)c1ccc(OC)c(Br)c1. The van der Waals surface area contributed by atoms with Crippen LogP contribution in [0.15, 0.2) is 80.6 Å². The summed E-state index contributed by atoms with van der Waals surface area (Å²) in [7, 11) is -2.70. The summed E-state index contributed by atoms with van der Waals surface area (Å²) in [6.07, 6.45) is 0.746. The van der Waals surface area contributed by atoms with E-state index in [0.717, 1.165) is 26.3 Å². The zero-order chi connectivity index (χ0) is 29.4. The number of anilines is 1. The Kier molecular flexibility index (Phi) is 11.2. The third-order valence-electron chi connectivity index (χ3n) is 6.29. The maximum atomic E-state index is 14.0. The van der Waals surface area contributed by atoms with E-state index in [-0.39, 0.29) is 17.3 Å². The van der Waals surface area contributed by atoms with Crippen LogP contribution in [0.5, 0.6) is 5.75 Å². The van der Waals surface area contributed by atoms with Crippen molar-refractivity contribution >= 4 is 59.4 Å². The third kappa shape index (κ3) is 7.86. The molecular weight excluding hydrogens is 662 g/mol. The molecule has 0 saturated heterocycles. The molecule has 0 aliphatic rings. The number of nitrogens with zero attached hydrogens (tertiary/aromatic N) is 2. The van der Waals surface area contributed by atoms with Crippen molar-refractivity contribution in [2.24, 2.45) is 0 Å². The summed E-state index contributed by atoms with van der Waals surface area (Å²) in [6, 6.07) is 17.9. The average Bonchev–Trinajstić information content (AvgIpc) is 2.94. The molecule has 0 heterocycles. The monoisotopic (exact) mass is 693 g/mol. The number of hydrogen-bond donors (Lipinski definition) is 1. The van der Waals surface area contributed by atoms with Gasteiger partial charge >= 0.3 is 0 Å². The highest BCUT2D eigenvalue weighted by atomic mass is 79.9. The van der Waals surface area contributed by atoms with Gasteiger partial charge in [0.15, 0.2) is 0 Å². The van der Waals surface area contributed by atoms with E-state index in [1.807, 2.05) is 38.1 Å². The minimum Gasteiger partial charge on any atom is -0.496 e. The lowest BCUT2D eigenvalue weighted by Gasteiger charge is -2.32. The van der Waals surface area contributed by atoms with Crippen molar-refractivity contribution in [3.8, 4) is 5.75 Å². The number of nitrogens with one attached hydrogen (secondary N) is 1. The second-order valence-corrected chi connectivity index (χ2v) is 12.9. The van der Waals surface area contributed by atoms with E-state index in [0.29, 0.717) is 22.5 Å². The highest BCUT2D eigenvalue weighted by Gasteiger charge is 2.32. The zero-order valence-corrected chi connectivity index (χ0v) is 26.8. The predicted molar refractivity (Wildman–Crippen MR) is 164 cm³/mol. The van der Waals surface area contributed by atoms with E-state index >= 15 is 0 Å². The van der Waals surface area contributed by atoms with E-state index < -0.39 is 28.5 Å². The molecule has 0 aliphatic carbocycles. The second kappa shape index (κ2) is 14.1. The lowest BCUT2D eigenvalue weighted by Crippen LogP contribution is -2.51. The number of amides is 2. The summed E-state index contributed by atoms with van der Waals surface area (Å²) < 4.78 is 35.6. The summed E-state index contributed by atoms with van der Waals surface area (Å²) in [5.41, 5.74) is 2.07. The molecule has 0 fully saturated rings. The lowest BCUT2D eigenvalue weighted by atomic mass is 10.1. The molecule has 11 heteroatoms. The molecule has 3 aromatic carbocycles. The molecule has 0 bridgehead atoms. The van der Waals surface area contributed by atoms with Crippen molar-refractivity contribution in [1.82, 2.24) is 10.2 Å². The number of carbonyl (C=O) groups excluding carboxylic acids is 2. The van der Waals surface area contributed by atoms with Crippen molar-refractivity contribution in [3.63, 3.8) is 0 Å². The van der Waals surface area contributed by atoms with Gasteiger partial charge < -0.3 is 15.0 Å². The molecule has 0 spiro atoms. The Bertz CT molecular complexity index is 1430. The fraction of sp³-hybridized carbons (Fsp3) is 0.310. The first kappa shape index (κ1) is 31.6. The van der Waals surface area contributed by atoms with Gasteiger partial charge in [-0.1, -0.05) is 52.7 Å². The van der Waals surface area contributed by atoms with Gasteiger partial charge in [0.05, 0.1) is 22.2 Å². The fourth-order valence-corrected chi connectivity index (χ4v) is 6.34. The Labute approximate surface area is 253 Å². The van der Waals surface area contributed by atoms with E-state index in [9.17, 15) is 18.0 Å². The molecule has 8 nitrogen and oxygen atoms in total. The van der Waals surface area contributed by atoms with E-state index in [4.69, 9.17) is 4.74 Å². The van der Waals surface area contributed by atoms with Crippen LogP contribution in [0, 0.1) is 6.92 Å². The van der Waals surface area contributed by atoms with Crippen LogP contribution in [0.3, 0.4) is 0 Å². The Morgan fingerprint density at radius 2 is 1.65 bits per heavy atom. The van der Waals surface area contributed by atoms with Crippen molar-refractivity contribution in [2.75, 3.05) is 24.5 Å². The van der Waals surface area contributed by atoms with Crippen LogP contribution in [-0.2, 0) is 26.2 Å². The van der Waals surface area contributed by atoms with E-state index in [2.05, 4.69) is 37.2 Å². The molecule has 0 aliphatic heterocycles. The van der Waals surface area contributed by atoms with Gasteiger partial charge in [-0.2, -0.15) is 0 Å². The minimum absolute atomic E-state index is 0.0123. The summed E-state index contributed by atoms with van der Waals surface area (Å²) in [4.78, 5) is 28.3. The topological polar surface area (TPSA) is 96.0 Å². The van der Waals surface area contributed by atoms with Crippen LogP contribution < -0.4 is 14.4 Å². The summed E-state index contributed by atoms with van der Waals surface area (Å²) >= 11 is 6.77. The maximum Gasteiger partial charge on any atom is 0.264 e. The first-order chi connectivity index (χ1) is 19.0. The number of sulfonamides is 1. The molecule has 0 unspecified atom stereocenters. The molecule has 3 aromatic rings. The standard InChI is InChI=1S/C29H33Br2N3O5S/c1-5-16-32-29(36)21(3)33(18-22-8-10-23(30)11-9-22)28(35)19-34(24-12-6-20(2)7-13-24)40(37,38)25-14-15-27(39-4)26(31)17-25/h6-15,17,21H,5,16,18-19H2,1-4H3,(H,32,36)/t21-/m1/s1. The van der Waals surface area contributed by atoms with Crippen LogP contribution >= 0.6 is 31.9 Å². The fourth-order valence-electron chi connectivity index (χ4n) is 3.94. The van der Waals surface area contributed by atoms with Crippen LogP contribution in [0.2, 0.25) is 0 Å². The van der Waals surface area contributed by atoms with Crippen molar-refractivity contribution in [1.29, 1.82) is 0 Å². The van der Waals surface area contributed by atoms with E-state index in [1.165, 1.54) is 24.1 Å². The minimum atomic E-state index is -4.19. The zero-order valence-electron chi connectivity index (χ0n) is 22.9. The molecular formula is C29H33Br2N3O5S. The van der Waals surface area contributed by atoms with Crippen LogP contribution in [0.25, 0.3) is 0 Å². The molecule has 0 aromatic heterocycles. The van der Waals surface area contributed by atoms with Gasteiger partial charge in [0, 0.05) is 17.6 Å². The first-order valence-electron chi connectivity index (χ1n) is 12.7. The Balaban J connectivity index is 2.03. The average molecular weight is 695 g/mol. The number of methoxy groups -OCH3 is 1. The molecule has 1 N–H and O–H groups in total. The molecule has 214 valence electrons. The number of benzene rings is 3. The largest absolute Gasteiger partial charge is 0.496 e. The summed E-state index contributed by atoms with van der Waals surface area (Å²) in [5.74, 6) is -0.348. The first-order valence-corrected chi connectivity index (χ1v) is 15.7. The number of aryl methyl sites for hydroxylation is 1. The Morgan fingerprint density at radius 1 is 1.00 bits per heavy atom. The molecule has 40 heavy (non-hydrogen) atoms. The molecule has 3 rings (SSSR count). The maximum absolute atomic E-state index is 14.0. The van der Waals surface area contributed by atoms with E-state index in [1.54, 1.807) is 37.3 Å². The van der Waals surface area contributed by atoms with Gasteiger partial charge in [-0.15, -0.1) is 0 Å². The van der Waals surface area contributed by atoms with Crippen molar-refractivity contribution in [2.45, 2.75) is 44.7 Å². The highest BCUT2D eigenvalue weighted by molar-refractivity contribution is 9.10. The molecule has 2 amide bonds. The second-order valence-electron chi connectivity index (χ2n) is 9.26. The Hall–Kier alpha value is -2.89. The van der Waals surface area contributed by atoms with Crippen molar-refractivity contribution < 1.29 is 22.7 Å². The normalized spacial score (nSPS) is 11.9. The molecule has 0 saturated carbocycles. The predicted octanol–water partition coefficient (Wildman–Crippen LogP) is 5.67. The Morgan fingerprint density at radius 3 is 2.23 bits per heavy atom. The molecule has 1 atom stereocenters. The van der Waals surface area contributed by atoms with Crippen molar-refractivity contribution in [3.05, 3.63) is 86.8 Å². The lowest BCUT2D eigenvalue weighted by molar-refractivity contribution is -0.139. The highest BCUT2D eigenvalue weighted by Crippen LogP contribution is 2.31. The summed E-state index contributed by atoms with van der Waals surface area (Å²) in [6.45, 7) is 5.58. The smallest absolute Gasteiger partial charge is 0.264 e. The van der Waals surface area contributed by atoms with Gasteiger partial charge in [0.2, 0.25) is 11.8 Å². The third-order valence-corrected chi connectivity index (χ3v) is 9.21. The number of halogens is 2. The quantitative estimate of drug-likeness (QED) is 0.264. The van der Waals surface area contributed by atoms with Crippen LogP contribution in [0.4, 0.5) is 5.69 Å².